The third-order valence-electron chi connectivity index (χ3n) is 3.68. The minimum Gasteiger partial charge on any atom is -0.293 e. The maximum Gasteiger partial charge on any atom is 0.171 e. The molecule has 2 heteroatoms. The van der Waals surface area contributed by atoms with Gasteiger partial charge in [-0.15, -0.1) is 0 Å². The zero-order valence-corrected chi connectivity index (χ0v) is 11.8. The van der Waals surface area contributed by atoms with E-state index in [1.54, 1.807) is 0 Å². The first-order chi connectivity index (χ1) is 9.65. The number of rotatable bonds is 4. The highest BCUT2D eigenvalue weighted by Crippen LogP contribution is 2.26. The monoisotopic (exact) mass is 263 g/mol. The van der Waals surface area contributed by atoms with Gasteiger partial charge in [0.25, 0.3) is 0 Å². The summed E-state index contributed by atoms with van der Waals surface area (Å²) < 4.78 is 0. The Labute approximate surface area is 119 Å². The van der Waals surface area contributed by atoms with E-state index in [4.69, 9.17) is 5.26 Å². The van der Waals surface area contributed by atoms with Gasteiger partial charge in [-0.2, -0.15) is 5.26 Å². The lowest BCUT2D eigenvalue weighted by Gasteiger charge is -2.15. The first-order valence-corrected chi connectivity index (χ1v) is 6.67. The molecular weight excluding hydrogens is 246 g/mol. The summed E-state index contributed by atoms with van der Waals surface area (Å²) in [6.45, 7) is 3.95. The molecule has 0 N–H and O–H groups in total. The molecule has 0 saturated heterocycles. The van der Waals surface area contributed by atoms with Gasteiger partial charge < -0.3 is 0 Å². The number of carbonyl (C=O) groups is 1. The van der Waals surface area contributed by atoms with Crippen molar-refractivity contribution in [1.82, 2.24) is 0 Å². The van der Waals surface area contributed by atoms with Crippen LogP contribution >= 0.6 is 0 Å². The molecule has 100 valence electrons. The highest BCUT2D eigenvalue weighted by Gasteiger charge is 2.23. The van der Waals surface area contributed by atoms with Crippen molar-refractivity contribution in [2.24, 2.45) is 0 Å². The Kier molecular flexibility index (Phi) is 4.32. The molecule has 1 atom stereocenters. The lowest BCUT2D eigenvalue weighted by molar-refractivity contribution is 0.0960. The number of ketones is 1. The SMILES string of the molecule is Cc1cccc(C(=O)C(CC#N)c2ccccc2)c1C. The van der Waals surface area contributed by atoms with Gasteiger partial charge in [-0.25, -0.2) is 0 Å². The largest absolute Gasteiger partial charge is 0.293 e. The Morgan fingerprint density at radius 2 is 1.80 bits per heavy atom. The molecule has 0 heterocycles. The molecule has 2 rings (SSSR count). The zero-order chi connectivity index (χ0) is 14.5. The van der Waals surface area contributed by atoms with E-state index in [1.165, 1.54) is 0 Å². The first kappa shape index (κ1) is 14.0. The van der Waals surface area contributed by atoms with Crippen LogP contribution in [0.25, 0.3) is 0 Å². The van der Waals surface area contributed by atoms with E-state index in [0.29, 0.717) is 5.56 Å². The van der Waals surface area contributed by atoms with Crippen LogP contribution in [0, 0.1) is 25.2 Å². The topological polar surface area (TPSA) is 40.9 Å². The second kappa shape index (κ2) is 6.16. The molecule has 0 fully saturated rings. The van der Waals surface area contributed by atoms with Gasteiger partial charge in [0.1, 0.15) is 0 Å². The summed E-state index contributed by atoms with van der Waals surface area (Å²) in [5, 5.41) is 9.02. The van der Waals surface area contributed by atoms with Gasteiger partial charge in [0.2, 0.25) is 0 Å². The number of nitrogens with zero attached hydrogens (tertiary/aromatic N) is 1. The van der Waals surface area contributed by atoms with Crippen molar-refractivity contribution in [3.05, 3.63) is 70.8 Å². The third-order valence-corrected chi connectivity index (χ3v) is 3.68. The van der Waals surface area contributed by atoms with Crippen LogP contribution < -0.4 is 0 Å². The van der Waals surface area contributed by atoms with Gasteiger partial charge in [0.15, 0.2) is 5.78 Å². The summed E-state index contributed by atoms with van der Waals surface area (Å²) in [5.74, 6) is -0.361. The van der Waals surface area contributed by atoms with Crippen molar-refractivity contribution >= 4 is 5.78 Å². The molecule has 0 aliphatic heterocycles. The summed E-state index contributed by atoms with van der Waals surface area (Å²) in [6, 6.07) is 17.4. The predicted molar refractivity (Wildman–Crippen MR) is 79.7 cm³/mol. The second-order valence-electron chi connectivity index (χ2n) is 4.94. The molecule has 0 aliphatic carbocycles. The van der Waals surface area contributed by atoms with Crippen molar-refractivity contribution in [1.29, 1.82) is 5.26 Å². The van der Waals surface area contributed by atoms with E-state index in [1.807, 2.05) is 62.4 Å². The van der Waals surface area contributed by atoms with Crippen LogP contribution in [0.4, 0.5) is 0 Å². The fourth-order valence-corrected chi connectivity index (χ4v) is 2.34. The van der Waals surface area contributed by atoms with Crippen LogP contribution in [-0.4, -0.2) is 5.78 Å². The summed E-state index contributed by atoms with van der Waals surface area (Å²) in [6.07, 6.45) is 0.205. The molecular formula is C18H17NO. The Morgan fingerprint density at radius 3 is 2.45 bits per heavy atom. The van der Waals surface area contributed by atoms with Gasteiger partial charge in [-0.1, -0.05) is 48.5 Å². The van der Waals surface area contributed by atoms with Crippen molar-refractivity contribution in [2.45, 2.75) is 26.2 Å². The molecule has 0 spiro atoms. The van der Waals surface area contributed by atoms with Crippen molar-refractivity contribution in [3.63, 3.8) is 0 Å². The van der Waals surface area contributed by atoms with Crippen LogP contribution in [0.2, 0.25) is 0 Å². The summed E-state index contributed by atoms with van der Waals surface area (Å²) in [7, 11) is 0. The molecule has 1 unspecified atom stereocenters. The van der Waals surface area contributed by atoms with Crippen LogP contribution in [0.3, 0.4) is 0 Å². The Morgan fingerprint density at radius 1 is 1.10 bits per heavy atom. The number of hydrogen-bond donors (Lipinski definition) is 0. The molecule has 0 saturated carbocycles. The smallest absolute Gasteiger partial charge is 0.171 e. The highest BCUT2D eigenvalue weighted by molar-refractivity contribution is 6.02. The molecule has 0 radical (unpaired) electrons. The van der Waals surface area contributed by atoms with Crippen molar-refractivity contribution < 1.29 is 4.79 Å². The molecule has 0 aliphatic rings. The van der Waals surface area contributed by atoms with Crippen LogP contribution in [0.15, 0.2) is 48.5 Å². The van der Waals surface area contributed by atoms with Gasteiger partial charge in [-0.05, 0) is 30.5 Å². The van der Waals surface area contributed by atoms with E-state index >= 15 is 0 Å². The maximum absolute atomic E-state index is 12.8. The quantitative estimate of drug-likeness (QED) is 0.776. The summed E-state index contributed by atoms with van der Waals surface area (Å²) >= 11 is 0. The van der Waals surface area contributed by atoms with E-state index in [9.17, 15) is 4.79 Å². The standard InChI is InChI=1S/C18H17NO/c1-13-7-6-10-16(14(13)2)18(20)17(11-12-19)15-8-4-3-5-9-15/h3-10,17H,11H2,1-2H3. The summed E-state index contributed by atoms with van der Waals surface area (Å²) in [5.41, 5.74) is 3.71. The molecule has 2 aromatic carbocycles. The molecule has 2 aromatic rings. The predicted octanol–water partition coefficient (Wildman–Crippen LogP) is 4.18. The zero-order valence-electron chi connectivity index (χ0n) is 11.8. The molecule has 0 aromatic heterocycles. The molecule has 0 amide bonds. The first-order valence-electron chi connectivity index (χ1n) is 6.67. The molecule has 0 bridgehead atoms. The Hall–Kier alpha value is -2.40. The Bertz CT molecular complexity index is 653. The second-order valence-corrected chi connectivity index (χ2v) is 4.94. The number of carbonyl (C=O) groups excluding carboxylic acids is 1. The fraction of sp³-hybridized carbons (Fsp3) is 0.222. The van der Waals surface area contributed by atoms with E-state index in [-0.39, 0.29) is 18.1 Å². The van der Waals surface area contributed by atoms with Crippen molar-refractivity contribution in [3.8, 4) is 6.07 Å². The minimum absolute atomic E-state index is 0.0268. The number of aryl methyl sites for hydroxylation is 1. The maximum atomic E-state index is 12.8. The average molecular weight is 263 g/mol. The third kappa shape index (κ3) is 2.78. The van der Waals surface area contributed by atoms with E-state index < -0.39 is 0 Å². The lowest BCUT2D eigenvalue weighted by Crippen LogP contribution is -2.14. The Balaban J connectivity index is 2.43. The molecule has 2 nitrogen and oxygen atoms in total. The van der Waals surface area contributed by atoms with Gasteiger partial charge in [0.05, 0.1) is 12.0 Å². The minimum atomic E-state index is -0.387. The van der Waals surface area contributed by atoms with E-state index in [2.05, 4.69) is 6.07 Å². The van der Waals surface area contributed by atoms with E-state index in [0.717, 1.165) is 16.7 Å². The van der Waals surface area contributed by atoms with Crippen molar-refractivity contribution in [2.75, 3.05) is 0 Å². The number of benzene rings is 2. The number of nitriles is 1. The average Bonchev–Trinajstić information content (AvgIpc) is 2.48. The van der Waals surface area contributed by atoms with Crippen LogP contribution in [-0.2, 0) is 0 Å². The van der Waals surface area contributed by atoms with Gasteiger partial charge >= 0.3 is 0 Å². The van der Waals surface area contributed by atoms with Gasteiger partial charge in [-0.3, -0.25) is 4.79 Å². The normalized spacial score (nSPS) is 11.7. The number of hydrogen-bond acceptors (Lipinski definition) is 2. The number of Topliss-reactive ketones (excluding diaryl/α,β-unsaturated/α-hetero) is 1. The van der Waals surface area contributed by atoms with Crippen LogP contribution in [0.5, 0.6) is 0 Å². The highest BCUT2D eigenvalue weighted by atomic mass is 16.1. The summed E-state index contributed by atoms with van der Waals surface area (Å²) in [4.78, 5) is 12.8. The fourth-order valence-electron chi connectivity index (χ4n) is 2.34. The lowest BCUT2D eigenvalue weighted by atomic mass is 9.86. The molecule has 20 heavy (non-hydrogen) atoms. The van der Waals surface area contributed by atoms with Crippen LogP contribution in [0.1, 0.15) is 39.4 Å². The van der Waals surface area contributed by atoms with Gasteiger partial charge in [0, 0.05) is 12.0 Å².